The molecule has 0 bridgehead atoms. The lowest BCUT2D eigenvalue weighted by Crippen LogP contribution is -2.51. The molecule has 0 radical (unpaired) electrons. The summed E-state index contributed by atoms with van der Waals surface area (Å²) >= 11 is 0. The molecule has 0 aromatic heterocycles. The van der Waals surface area contributed by atoms with Gasteiger partial charge in [-0.05, 0) is 18.9 Å². The Kier molecular flexibility index (Phi) is 5.26. The van der Waals surface area contributed by atoms with Gasteiger partial charge in [0.05, 0.1) is 37.4 Å². The first-order valence-corrected chi connectivity index (χ1v) is 9.88. The average Bonchev–Trinajstić information content (AvgIpc) is 2.74. The van der Waals surface area contributed by atoms with E-state index in [1.807, 2.05) is 30.3 Å². The number of hydrogen-bond donors (Lipinski definition) is 2. The van der Waals surface area contributed by atoms with Crippen molar-refractivity contribution >= 4 is 11.6 Å². The van der Waals surface area contributed by atoms with Crippen molar-refractivity contribution in [2.24, 2.45) is 11.8 Å². The Bertz CT molecular complexity index is 985. The number of methoxy groups -OCH3 is 1. The van der Waals surface area contributed by atoms with Gasteiger partial charge in [0.15, 0.2) is 28.9 Å². The Labute approximate surface area is 174 Å². The third kappa shape index (κ3) is 3.44. The zero-order valence-corrected chi connectivity index (χ0v) is 16.9. The maximum atomic E-state index is 13.2. The Morgan fingerprint density at radius 3 is 2.50 bits per heavy atom. The summed E-state index contributed by atoms with van der Waals surface area (Å²) in [5.74, 6) is -4.17. The van der Waals surface area contributed by atoms with E-state index in [4.69, 9.17) is 14.2 Å². The van der Waals surface area contributed by atoms with Crippen molar-refractivity contribution < 1.29 is 34.0 Å². The van der Waals surface area contributed by atoms with E-state index in [1.165, 1.54) is 7.11 Å². The first-order valence-electron chi connectivity index (χ1n) is 9.88. The van der Waals surface area contributed by atoms with Crippen LogP contribution >= 0.6 is 0 Å². The summed E-state index contributed by atoms with van der Waals surface area (Å²) in [6.45, 7) is 2.16. The van der Waals surface area contributed by atoms with Gasteiger partial charge in [-0.15, -0.1) is 0 Å². The molecule has 30 heavy (non-hydrogen) atoms. The lowest BCUT2D eigenvalue weighted by molar-refractivity contribution is -0.256. The van der Waals surface area contributed by atoms with Crippen LogP contribution in [0.1, 0.15) is 39.6 Å². The Morgan fingerprint density at radius 1 is 1.10 bits per heavy atom. The van der Waals surface area contributed by atoms with E-state index >= 15 is 0 Å². The van der Waals surface area contributed by atoms with E-state index in [0.717, 1.165) is 11.6 Å². The van der Waals surface area contributed by atoms with Gasteiger partial charge in [-0.25, -0.2) is 0 Å². The fourth-order valence-corrected chi connectivity index (χ4v) is 4.30. The fourth-order valence-electron chi connectivity index (χ4n) is 4.30. The van der Waals surface area contributed by atoms with Crippen LogP contribution in [0.25, 0.3) is 0 Å². The lowest BCUT2D eigenvalue weighted by Gasteiger charge is -2.43. The monoisotopic (exact) mass is 412 g/mol. The molecule has 4 rings (SSSR count). The fraction of sp³-hybridized carbons (Fsp3) is 0.391. The number of ether oxygens (including phenoxy) is 3. The number of phenols is 2. The molecule has 3 atom stereocenters. The molecule has 1 aliphatic carbocycles. The molecule has 158 valence electrons. The zero-order valence-electron chi connectivity index (χ0n) is 16.9. The van der Waals surface area contributed by atoms with Crippen LogP contribution in [0.15, 0.2) is 36.4 Å². The molecule has 2 aliphatic rings. The predicted molar refractivity (Wildman–Crippen MR) is 107 cm³/mol. The summed E-state index contributed by atoms with van der Waals surface area (Å²) in [6.07, 6.45) is 0.864. The minimum absolute atomic E-state index is 0.00273. The number of ketones is 2. The smallest absolute Gasteiger partial charge is 0.173 e. The van der Waals surface area contributed by atoms with Crippen molar-refractivity contribution in [2.75, 3.05) is 20.3 Å². The highest BCUT2D eigenvalue weighted by molar-refractivity contribution is 6.19. The van der Waals surface area contributed by atoms with Crippen molar-refractivity contribution in [3.63, 3.8) is 0 Å². The zero-order chi connectivity index (χ0) is 21.5. The molecule has 2 aromatic carbocycles. The molecule has 1 fully saturated rings. The van der Waals surface area contributed by atoms with Gasteiger partial charge in [-0.1, -0.05) is 30.3 Å². The first-order chi connectivity index (χ1) is 14.3. The number of carbonyl (C=O) groups is 2. The summed E-state index contributed by atoms with van der Waals surface area (Å²) in [4.78, 5) is 26.2. The van der Waals surface area contributed by atoms with E-state index in [9.17, 15) is 19.8 Å². The number of benzene rings is 2. The molecule has 7 heteroatoms. The van der Waals surface area contributed by atoms with E-state index in [0.29, 0.717) is 13.0 Å². The summed E-state index contributed by atoms with van der Waals surface area (Å²) < 4.78 is 16.9. The van der Waals surface area contributed by atoms with E-state index in [2.05, 4.69) is 0 Å². The van der Waals surface area contributed by atoms with Crippen LogP contribution in [0.2, 0.25) is 0 Å². The quantitative estimate of drug-likeness (QED) is 0.728. The highest BCUT2D eigenvalue weighted by atomic mass is 16.7. The molecule has 1 aliphatic heterocycles. The van der Waals surface area contributed by atoms with E-state index < -0.39 is 34.9 Å². The first kappa shape index (κ1) is 20.4. The topological polar surface area (TPSA) is 102 Å². The van der Waals surface area contributed by atoms with Crippen molar-refractivity contribution in [3.05, 3.63) is 53.1 Å². The number of hydrogen-bond acceptors (Lipinski definition) is 7. The van der Waals surface area contributed by atoms with Gasteiger partial charge in [0.1, 0.15) is 5.75 Å². The van der Waals surface area contributed by atoms with Gasteiger partial charge in [0.25, 0.3) is 0 Å². The normalized spacial score (nSPS) is 25.5. The van der Waals surface area contributed by atoms with Gasteiger partial charge in [0.2, 0.25) is 0 Å². The Morgan fingerprint density at radius 2 is 1.80 bits per heavy atom. The maximum Gasteiger partial charge on any atom is 0.173 e. The molecule has 0 spiro atoms. The van der Waals surface area contributed by atoms with Gasteiger partial charge < -0.3 is 24.4 Å². The summed E-state index contributed by atoms with van der Waals surface area (Å²) in [5.41, 5.74) is 0.767. The van der Waals surface area contributed by atoms with Crippen LogP contribution in [0.3, 0.4) is 0 Å². The summed E-state index contributed by atoms with van der Waals surface area (Å²) in [7, 11) is 1.31. The van der Waals surface area contributed by atoms with Crippen LogP contribution in [0, 0.1) is 11.8 Å². The number of fused-ring (bicyclic) bond motifs is 2. The lowest BCUT2D eigenvalue weighted by atomic mass is 9.70. The van der Waals surface area contributed by atoms with E-state index in [1.54, 1.807) is 6.92 Å². The van der Waals surface area contributed by atoms with Gasteiger partial charge in [-0.2, -0.15) is 0 Å². The molecular weight excluding hydrogens is 388 g/mol. The summed E-state index contributed by atoms with van der Waals surface area (Å²) in [6, 6.07) is 11.0. The van der Waals surface area contributed by atoms with Crippen molar-refractivity contribution in [1.29, 1.82) is 0 Å². The molecule has 2 aromatic rings. The highest BCUT2D eigenvalue weighted by Crippen LogP contribution is 2.48. The molecule has 1 saturated heterocycles. The molecule has 1 heterocycles. The third-order valence-electron chi connectivity index (χ3n) is 5.92. The number of phenolic OH excluding ortho intramolecular Hbond substituents is 2. The largest absolute Gasteiger partial charge is 0.507 e. The third-order valence-corrected chi connectivity index (χ3v) is 5.92. The van der Waals surface area contributed by atoms with E-state index in [-0.39, 0.29) is 35.7 Å². The molecule has 2 N–H and O–H groups in total. The Hall–Kier alpha value is -2.90. The van der Waals surface area contributed by atoms with Crippen LogP contribution < -0.4 is 4.74 Å². The number of aromatic hydroxyl groups is 2. The molecular formula is C23H24O7. The van der Waals surface area contributed by atoms with Crippen LogP contribution in [-0.2, 0) is 15.9 Å². The second kappa shape index (κ2) is 7.74. The number of Topliss-reactive ketones (excluding diaryl/α,β-unsaturated/α-hetero) is 2. The maximum absolute atomic E-state index is 13.2. The van der Waals surface area contributed by atoms with Crippen LogP contribution in [0.5, 0.6) is 17.2 Å². The van der Waals surface area contributed by atoms with Gasteiger partial charge in [-0.3, -0.25) is 9.59 Å². The average molecular weight is 412 g/mol. The van der Waals surface area contributed by atoms with Crippen LogP contribution in [-0.4, -0.2) is 47.9 Å². The SMILES string of the molecule is COc1cc(O)c2c(c1O)C(=O)C1CC(C)(OCCc3ccccc3)OCC1C2=O. The summed E-state index contributed by atoms with van der Waals surface area (Å²) in [5, 5.41) is 20.7. The minimum Gasteiger partial charge on any atom is -0.507 e. The van der Waals surface area contributed by atoms with Crippen molar-refractivity contribution in [2.45, 2.75) is 25.6 Å². The molecule has 0 amide bonds. The molecule has 3 unspecified atom stereocenters. The standard InChI is InChI=1S/C23H24O7/c1-23(29-9-8-13-6-4-3-5-7-13)11-14-15(12-30-23)21(26)18-16(24)10-17(28-2)22(27)19(18)20(14)25/h3-7,10,14-15,24,27H,8-9,11-12H2,1-2H3. The second-order valence-electron chi connectivity index (χ2n) is 7.87. The number of carbonyl (C=O) groups excluding carboxylic acids is 2. The predicted octanol–water partition coefficient (Wildman–Crippen LogP) is 3.11. The second-order valence-corrected chi connectivity index (χ2v) is 7.87. The Balaban J connectivity index is 1.56. The van der Waals surface area contributed by atoms with Crippen molar-refractivity contribution in [3.8, 4) is 17.2 Å². The number of rotatable bonds is 5. The molecule has 0 saturated carbocycles. The minimum atomic E-state index is -1.03. The van der Waals surface area contributed by atoms with Crippen molar-refractivity contribution in [1.82, 2.24) is 0 Å². The molecule has 7 nitrogen and oxygen atoms in total. The van der Waals surface area contributed by atoms with Crippen LogP contribution in [0.4, 0.5) is 0 Å². The van der Waals surface area contributed by atoms with Gasteiger partial charge >= 0.3 is 0 Å². The highest BCUT2D eigenvalue weighted by Gasteiger charge is 2.51. The van der Waals surface area contributed by atoms with Gasteiger partial charge in [0, 0.05) is 18.4 Å².